The summed E-state index contributed by atoms with van der Waals surface area (Å²) in [6.07, 6.45) is 3.54. The quantitative estimate of drug-likeness (QED) is 0.659. The van der Waals surface area contributed by atoms with Gasteiger partial charge in [-0.2, -0.15) is 0 Å². The summed E-state index contributed by atoms with van der Waals surface area (Å²) >= 11 is 3.46. The molecule has 0 amide bonds. The fraction of sp³-hybridized carbons (Fsp3) is 0.188. The molecule has 3 nitrogen and oxygen atoms in total. The second-order valence-electron chi connectivity index (χ2n) is 4.95. The predicted octanol–water partition coefficient (Wildman–Crippen LogP) is 4.01. The van der Waals surface area contributed by atoms with Crippen molar-refractivity contribution in [1.82, 2.24) is 0 Å². The first-order valence-electron chi connectivity index (χ1n) is 6.57. The predicted molar refractivity (Wildman–Crippen MR) is 83.7 cm³/mol. The van der Waals surface area contributed by atoms with Crippen LogP contribution in [0.25, 0.3) is 0 Å². The topological polar surface area (TPSA) is 59.1 Å². The van der Waals surface area contributed by atoms with E-state index in [1.54, 1.807) is 12.1 Å². The normalized spacial score (nSPS) is 13.1. The molecule has 2 aromatic carbocycles. The Hall–Kier alpha value is -1.81. The molecule has 0 saturated carbocycles. The fourth-order valence-electron chi connectivity index (χ4n) is 2.49. The summed E-state index contributed by atoms with van der Waals surface area (Å²) in [4.78, 5) is 0. The first-order valence-corrected chi connectivity index (χ1v) is 7.36. The third-order valence-corrected chi connectivity index (χ3v) is 4.16. The van der Waals surface area contributed by atoms with Crippen molar-refractivity contribution in [2.24, 2.45) is 5.73 Å². The lowest BCUT2D eigenvalue weighted by Crippen LogP contribution is -2.10. The summed E-state index contributed by atoms with van der Waals surface area (Å²) in [5.74, 6) is 1.63. The Morgan fingerprint density at radius 1 is 1.10 bits per heavy atom. The van der Waals surface area contributed by atoms with Crippen LogP contribution in [0.15, 0.2) is 40.9 Å². The number of amidine groups is 1. The Bertz CT molecular complexity index is 682. The number of rotatable bonds is 3. The highest BCUT2D eigenvalue weighted by Crippen LogP contribution is 2.33. The molecular weight excluding hydrogens is 316 g/mol. The first-order chi connectivity index (χ1) is 9.63. The average Bonchev–Trinajstić information content (AvgIpc) is 2.88. The number of aryl methyl sites for hydroxylation is 2. The molecule has 0 saturated heterocycles. The molecule has 0 radical (unpaired) electrons. The minimum absolute atomic E-state index is 0.0507. The smallest absolute Gasteiger partial charge is 0.141 e. The van der Waals surface area contributed by atoms with Gasteiger partial charge in [-0.15, -0.1) is 0 Å². The van der Waals surface area contributed by atoms with Gasteiger partial charge in [0.15, 0.2) is 0 Å². The molecule has 3 rings (SSSR count). The van der Waals surface area contributed by atoms with E-state index >= 15 is 0 Å². The fourth-order valence-corrected chi connectivity index (χ4v) is 2.95. The molecule has 1 aliphatic carbocycles. The zero-order chi connectivity index (χ0) is 14.1. The van der Waals surface area contributed by atoms with E-state index in [4.69, 9.17) is 15.9 Å². The van der Waals surface area contributed by atoms with Crippen LogP contribution in [-0.4, -0.2) is 5.84 Å². The lowest BCUT2D eigenvalue weighted by Gasteiger charge is -2.10. The number of hydrogen-bond acceptors (Lipinski definition) is 2. The summed E-state index contributed by atoms with van der Waals surface area (Å²) in [6, 6.07) is 11.7. The minimum Gasteiger partial charge on any atom is -0.456 e. The van der Waals surface area contributed by atoms with Crippen LogP contribution in [0, 0.1) is 5.41 Å². The van der Waals surface area contributed by atoms with Crippen LogP contribution in [0.4, 0.5) is 0 Å². The van der Waals surface area contributed by atoms with Crippen molar-refractivity contribution >= 4 is 21.8 Å². The van der Waals surface area contributed by atoms with Crippen molar-refractivity contribution < 1.29 is 4.74 Å². The molecule has 0 aliphatic heterocycles. The number of nitrogen functional groups attached to an aromatic ring is 1. The number of fused-ring (bicyclic) bond motifs is 1. The Morgan fingerprint density at radius 3 is 2.65 bits per heavy atom. The number of hydrogen-bond donors (Lipinski definition) is 2. The van der Waals surface area contributed by atoms with Crippen molar-refractivity contribution in [1.29, 1.82) is 5.41 Å². The molecule has 0 spiro atoms. The molecule has 4 heteroatoms. The van der Waals surface area contributed by atoms with Gasteiger partial charge in [-0.25, -0.2) is 0 Å². The first kappa shape index (κ1) is 13.2. The van der Waals surface area contributed by atoms with E-state index < -0.39 is 0 Å². The Balaban J connectivity index is 1.86. The van der Waals surface area contributed by atoms with Gasteiger partial charge in [-0.1, -0.05) is 6.07 Å². The monoisotopic (exact) mass is 330 g/mol. The van der Waals surface area contributed by atoms with Crippen LogP contribution in [0.1, 0.15) is 23.1 Å². The lowest BCUT2D eigenvalue weighted by atomic mass is 10.1. The standard InChI is InChI=1S/C16H15BrN2O/c17-14-9-12(16(18)19)5-7-15(14)20-13-6-4-10-2-1-3-11(10)8-13/h4-9H,1-3H2,(H3,18,19). The lowest BCUT2D eigenvalue weighted by molar-refractivity contribution is 0.479. The van der Waals surface area contributed by atoms with Crippen LogP contribution in [0.2, 0.25) is 0 Å². The average molecular weight is 331 g/mol. The molecule has 0 atom stereocenters. The van der Waals surface area contributed by atoms with Crippen LogP contribution in [0.5, 0.6) is 11.5 Å². The van der Waals surface area contributed by atoms with E-state index in [0.29, 0.717) is 5.56 Å². The van der Waals surface area contributed by atoms with E-state index in [0.717, 1.165) is 22.4 Å². The molecule has 3 N–H and O–H groups in total. The van der Waals surface area contributed by atoms with Gasteiger partial charge in [-0.3, -0.25) is 5.41 Å². The Labute approximate surface area is 126 Å². The Morgan fingerprint density at radius 2 is 1.90 bits per heavy atom. The van der Waals surface area contributed by atoms with Crippen molar-refractivity contribution in [2.45, 2.75) is 19.3 Å². The highest BCUT2D eigenvalue weighted by atomic mass is 79.9. The SMILES string of the molecule is N=C(N)c1ccc(Oc2ccc3c(c2)CCC3)c(Br)c1. The zero-order valence-electron chi connectivity index (χ0n) is 10.9. The molecule has 0 aromatic heterocycles. The molecule has 0 unspecified atom stereocenters. The van der Waals surface area contributed by atoms with Crippen molar-refractivity contribution in [2.75, 3.05) is 0 Å². The van der Waals surface area contributed by atoms with Gasteiger partial charge in [0.1, 0.15) is 17.3 Å². The summed E-state index contributed by atoms with van der Waals surface area (Å²) in [7, 11) is 0. The number of nitrogens with two attached hydrogens (primary N) is 1. The maximum absolute atomic E-state index is 7.42. The molecule has 0 bridgehead atoms. The minimum atomic E-state index is 0.0507. The van der Waals surface area contributed by atoms with Crippen molar-refractivity contribution in [3.05, 3.63) is 57.6 Å². The summed E-state index contributed by atoms with van der Waals surface area (Å²) < 4.78 is 6.71. The summed E-state index contributed by atoms with van der Waals surface area (Å²) in [5.41, 5.74) is 8.97. The van der Waals surface area contributed by atoms with Gasteiger partial charge in [0.05, 0.1) is 4.47 Å². The highest BCUT2D eigenvalue weighted by molar-refractivity contribution is 9.10. The maximum Gasteiger partial charge on any atom is 0.141 e. The van der Waals surface area contributed by atoms with E-state index in [2.05, 4.69) is 28.1 Å². The van der Waals surface area contributed by atoms with E-state index in [9.17, 15) is 0 Å². The van der Waals surface area contributed by atoms with Gasteiger partial charge in [0.2, 0.25) is 0 Å². The number of halogens is 1. The van der Waals surface area contributed by atoms with Gasteiger partial charge in [0, 0.05) is 5.56 Å². The second kappa shape index (κ2) is 5.29. The van der Waals surface area contributed by atoms with Crippen molar-refractivity contribution in [3.63, 3.8) is 0 Å². The van der Waals surface area contributed by atoms with Crippen LogP contribution >= 0.6 is 15.9 Å². The zero-order valence-corrected chi connectivity index (χ0v) is 12.5. The molecular formula is C16H15BrN2O. The van der Waals surface area contributed by atoms with E-state index in [1.165, 1.54) is 24.0 Å². The van der Waals surface area contributed by atoms with Gasteiger partial charge in [-0.05, 0) is 76.7 Å². The second-order valence-corrected chi connectivity index (χ2v) is 5.80. The van der Waals surface area contributed by atoms with E-state index in [1.807, 2.05) is 12.1 Å². The van der Waals surface area contributed by atoms with Gasteiger partial charge in [0.25, 0.3) is 0 Å². The van der Waals surface area contributed by atoms with Crippen LogP contribution < -0.4 is 10.5 Å². The summed E-state index contributed by atoms with van der Waals surface area (Å²) in [5, 5.41) is 7.42. The molecule has 20 heavy (non-hydrogen) atoms. The van der Waals surface area contributed by atoms with Crippen LogP contribution in [-0.2, 0) is 12.8 Å². The third kappa shape index (κ3) is 2.56. The number of nitrogens with one attached hydrogen (secondary N) is 1. The highest BCUT2D eigenvalue weighted by Gasteiger charge is 2.12. The largest absolute Gasteiger partial charge is 0.456 e. The molecule has 2 aromatic rings. The molecule has 1 aliphatic rings. The maximum atomic E-state index is 7.42. The van der Waals surface area contributed by atoms with Crippen molar-refractivity contribution in [3.8, 4) is 11.5 Å². The molecule has 102 valence electrons. The molecule has 0 heterocycles. The third-order valence-electron chi connectivity index (χ3n) is 3.54. The van der Waals surface area contributed by atoms with Gasteiger partial charge < -0.3 is 10.5 Å². The van der Waals surface area contributed by atoms with Crippen LogP contribution in [0.3, 0.4) is 0 Å². The Kier molecular flexibility index (Phi) is 3.49. The number of ether oxygens (including phenoxy) is 1. The molecule has 0 fully saturated rings. The number of benzene rings is 2. The summed E-state index contributed by atoms with van der Waals surface area (Å²) in [6.45, 7) is 0. The van der Waals surface area contributed by atoms with Gasteiger partial charge >= 0.3 is 0 Å². The van der Waals surface area contributed by atoms with E-state index in [-0.39, 0.29) is 5.84 Å².